The monoisotopic (exact) mass is 300 g/mol. The third-order valence-corrected chi connectivity index (χ3v) is 3.08. The van der Waals surface area contributed by atoms with Crippen LogP contribution >= 0.6 is 0 Å². The molecule has 0 spiro atoms. The molecule has 1 aliphatic rings. The fourth-order valence-electron chi connectivity index (χ4n) is 2.00. The number of aromatic carboxylic acids is 1. The number of benzene rings is 1. The van der Waals surface area contributed by atoms with Gasteiger partial charge in [-0.25, -0.2) is 4.79 Å². The van der Waals surface area contributed by atoms with Crippen molar-refractivity contribution in [3.63, 3.8) is 0 Å². The number of nitrogens with one attached hydrogen (secondary N) is 1. The number of carbonyl (C=O) groups is 1. The lowest BCUT2D eigenvalue weighted by Gasteiger charge is -2.34. The number of carboxylic acids is 1. The van der Waals surface area contributed by atoms with E-state index in [9.17, 15) is 18.0 Å². The van der Waals surface area contributed by atoms with Gasteiger partial charge in [0.25, 0.3) is 0 Å². The van der Waals surface area contributed by atoms with Gasteiger partial charge in [-0.05, 0) is 29.8 Å². The van der Waals surface area contributed by atoms with Gasteiger partial charge >= 0.3 is 12.1 Å². The van der Waals surface area contributed by atoms with Crippen molar-refractivity contribution < 1.29 is 27.8 Å². The predicted octanol–water partition coefficient (Wildman–Crippen LogP) is 2.30. The van der Waals surface area contributed by atoms with Crippen LogP contribution in [0.15, 0.2) is 35.5 Å². The van der Waals surface area contributed by atoms with Crippen molar-refractivity contribution >= 4 is 12.2 Å². The highest BCUT2D eigenvalue weighted by atomic mass is 19.4. The number of methoxy groups -OCH3 is 1. The van der Waals surface area contributed by atoms with E-state index in [0.29, 0.717) is 0 Å². The molecule has 8 heteroatoms. The minimum absolute atomic E-state index is 0.159. The quantitative estimate of drug-likeness (QED) is 0.898. The maximum Gasteiger partial charge on any atom is 0.420 e. The van der Waals surface area contributed by atoms with Gasteiger partial charge in [0.2, 0.25) is 0 Å². The Balaban J connectivity index is 2.60. The van der Waals surface area contributed by atoms with Crippen molar-refractivity contribution in [1.82, 2.24) is 5.43 Å². The molecule has 0 radical (unpaired) electrons. The molecule has 5 nitrogen and oxygen atoms in total. The van der Waals surface area contributed by atoms with Crippen LogP contribution in [0, 0.1) is 0 Å². The smallest absolute Gasteiger partial charge is 0.420 e. The van der Waals surface area contributed by atoms with E-state index in [4.69, 9.17) is 9.84 Å². The Labute approximate surface area is 117 Å². The molecule has 1 aliphatic heterocycles. The van der Waals surface area contributed by atoms with Gasteiger partial charge in [-0.3, -0.25) is 5.43 Å². The average molecular weight is 300 g/mol. The third kappa shape index (κ3) is 2.44. The molecule has 2 rings (SSSR count). The second-order valence-electron chi connectivity index (χ2n) is 4.28. The van der Waals surface area contributed by atoms with E-state index < -0.39 is 17.7 Å². The molecule has 0 bridgehead atoms. The normalized spacial score (nSPS) is 21.0. The summed E-state index contributed by atoms with van der Waals surface area (Å²) >= 11 is 0. The van der Waals surface area contributed by atoms with Crippen LogP contribution in [-0.2, 0) is 5.54 Å². The van der Waals surface area contributed by atoms with Crippen LogP contribution in [0.1, 0.15) is 15.9 Å². The Morgan fingerprint density at radius 1 is 1.43 bits per heavy atom. The minimum Gasteiger partial charge on any atom is -0.496 e. The number of nitrogens with zero attached hydrogens (tertiary/aromatic N) is 1. The lowest BCUT2D eigenvalue weighted by Crippen LogP contribution is -2.51. The van der Waals surface area contributed by atoms with Gasteiger partial charge in [0.1, 0.15) is 11.3 Å². The van der Waals surface area contributed by atoms with E-state index in [2.05, 4.69) is 5.10 Å². The van der Waals surface area contributed by atoms with E-state index >= 15 is 0 Å². The SMILES string of the molecule is COc1cc(C2(C(F)(F)F)C=CC=NN2)ccc1C(=O)O. The summed E-state index contributed by atoms with van der Waals surface area (Å²) in [5.41, 5.74) is -0.916. The van der Waals surface area contributed by atoms with Crippen molar-refractivity contribution in [2.45, 2.75) is 11.7 Å². The largest absolute Gasteiger partial charge is 0.496 e. The number of hydrogen-bond donors (Lipinski definition) is 2. The van der Waals surface area contributed by atoms with Crippen LogP contribution in [-0.4, -0.2) is 30.6 Å². The van der Waals surface area contributed by atoms with Crippen LogP contribution in [0.25, 0.3) is 0 Å². The van der Waals surface area contributed by atoms with Crippen molar-refractivity contribution in [3.8, 4) is 5.75 Å². The van der Waals surface area contributed by atoms with Gasteiger partial charge in [-0.2, -0.15) is 18.3 Å². The van der Waals surface area contributed by atoms with E-state index in [0.717, 1.165) is 24.3 Å². The molecule has 1 heterocycles. The second-order valence-corrected chi connectivity index (χ2v) is 4.28. The van der Waals surface area contributed by atoms with Crippen molar-refractivity contribution in [2.24, 2.45) is 5.10 Å². The number of halogens is 3. The summed E-state index contributed by atoms with van der Waals surface area (Å²) < 4.78 is 45.2. The highest BCUT2D eigenvalue weighted by molar-refractivity contribution is 5.91. The Hall–Kier alpha value is -2.51. The van der Waals surface area contributed by atoms with Crippen LogP contribution in [0.4, 0.5) is 13.2 Å². The Morgan fingerprint density at radius 3 is 2.62 bits per heavy atom. The Morgan fingerprint density at radius 2 is 2.14 bits per heavy atom. The van der Waals surface area contributed by atoms with Gasteiger partial charge in [0.05, 0.1) is 7.11 Å². The molecule has 1 atom stereocenters. The maximum atomic E-state index is 13.4. The van der Waals surface area contributed by atoms with Crippen molar-refractivity contribution in [1.29, 1.82) is 0 Å². The lowest BCUT2D eigenvalue weighted by atomic mass is 9.88. The maximum absolute atomic E-state index is 13.4. The number of ether oxygens (including phenoxy) is 1. The van der Waals surface area contributed by atoms with Crippen molar-refractivity contribution in [2.75, 3.05) is 7.11 Å². The molecule has 1 aromatic carbocycles. The Kier molecular flexibility index (Phi) is 3.63. The van der Waals surface area contributed by atoms with Gasteiger partial charge in [0, 0.05) is 6.21 Å². The summed E-state index contributed by atoms with van der Waals surface area (Å²) in [7, 11) is 1.19. The summed E-state index contributed by atoms with van der Waals surface area (Å²) in [6.07, 6.45) is -1.40. The number of alkyl halides is 3. The van der Waals surface area contributed by atoms with Crippen molar-refractivity contribution in [3.05, 3.63) is 41.5 Å². The fourth-order valence-corrected chi connectivity index (χ4v) is 2.00. The Bertz CT molecular complexity index is 626. The molecular formula is C13H11F3N2O3. The summed E-state index contributed by atoms with van der Waals surface area (Å²) in [5, 5.41) is 12.4. The molecule has 0 saturated heterocycles. The zero-order chi connectivity index (χ0) is 15.7. The van der Waals surface area contributed by atoms with E-state index in [1.807, 2.05) is 5.43 Å². The third-order valence-electron chi connectivity index (χ3n) is 3.08. The van der Waals surface area contributed by atoms with Gasteiger partial charge in [-0.15, -0.1) is 0 Å². The first-order valence-electron chi connectivity index (χ1n) is 5.78. The summed E-state index contributed by atoms with van der Waals surface area (Å²) in [6, 6.07) is 3.19. The van der Waals surface area contributed by atoms with E-state index in [-0.39, 0.29) is 16.9 Å². The zero-order valence-corrected chi connectivity index (χ0v) is 10.8. The molecule has 0 aromatic heterocycles. The fraction of sp³-hybridized carbons (Fsp3) is 0.231. The number of carboxylic acid groups (broad SMARTS) is 1. The van der Waals surface area contributed by atoms with Gasteiger partial charge < -0.3 is 9.84 Å². The molecule has 1 unspecified atom stereocenters. The molecule has 0 saturated carbocycles. The van der Waals surface area contributed by atoms with Crippen LogP contribution in [0.5, 0.6) is 5.75 Å². The summed E-state index contributed by atoms with van der Waals surface area (Å²) in [6.45, 7) is 0. The van der Waals surface area contributed by atoms with Crippen LogP contribution in [0.2, 0.25) is 0 Å². The highest BCUT2D eigenvalue weighted by Crippen LogP contribution is 2.42. The van der Waals surface area contributed by atoms with E-state index in [1.54, 1.807) is 0 Å². The molecular weight excluding hydrogens is 289 g/mol. The second kappa shape index (κ2) is 5.12. The number of rotatable bonds is 3. The summed E-state index contributed by atoms with van der Waals surface area (Å²) in [4.78, 5) is 11.0. The first kappa shape index (κ1) is 14.9. The number of hydrazone groups is 1. The average Bonchev–Trinajstić information content (AvgIpc) is 2.46. The minimum atomic E-state index is -4.67. The number of allylic oxidation sites excluding steroid dienone is 1. The standard InChI is InChI=1S/C13H11F3N2O3/c1-21-10-7-8(3-4-9(10)11(19)20)12(13(14,15)16)5-2-6-17-18-12/h2-7,18H,1H3,(H,19,20). The molecule has 0 fully saturated rings. The van der Waals surface area contributed by atoms with Crippen LogP contribution in [0.3, 0.4) is 0 Å². The molecule has 0 amide bonds. The predicted molar refractivity (Wildman–Crippen MR) is 68.5 cm³/mol. The first-order chi connectivity index (χ1) is 9.82. The highest BCUT2D eigenvalue weighted by Gasteiger charge is 2.55. The topological polar surface area (TPSA) is 70.9 Å². The lowest BCUT2D eigenvalue weighted by molar-refractivity contribution is -0.185. The van der Waals surface area contributed by atoms with Crippen LogP contribution < -0.4 is 10.2 Å². The van der Waals surface area contributed by atoms with Gasteiger partial charge in [0.15, 0.2) is 5.54 Å². The number of hydrogen-bond acceptors (Lipinski definition) is 4. The van der Waals surface area contributed by atoms with Gasteiger partial charge in [-0.1, -0.05) is 6.07 Å². The molecule has 1 aromatic rings. The molecule has 21 heavy (non-hydrogen) atoms. The van der Waals surface area contributed by atoms with E-state index in [1.165, 1.54) is 19.4 Å². The first-order valence-corrected chi connectivity index (χ1v) is 5.78. The molecule has 112 valence electrons. The molecule has 2 N–H and O–H groups in total. The summed E-state index contributed by atoms with van der Waals surface area (Å²) in [5.74, 6) is -1.45. The zero-order valence-electron chi connectivity index (χ0n) is 10.8. The molecule has 0 aliphatic carbocycles.